The number of nitrogens with zero attached hydrogens (tertiary/aromatic N) is 1. The smallest absolute Gasteiger partial charge is 0.339 e. The molecule has 1 N–H and O–H groups in total. The molecule has 0 aliphatic rings. The number of hydrogen-bond acceptors (Lipinski definition) is 5. The third-order valence-electron chi connectivity index (χ3n) is 2.14. The van der Waals surface area contributed by atoms with Gasteiger partial charge in [0.1, 0.15) is 5.56 Å². The van der Waals surface area contributed by atoms with E-state index in [1.165, 1.54) is 12.1 Å². The topological polar surface area (TPSA) is 98.9 Å². The highest BCUT2D eigenvalue weighted by molar-refractivity contribution is 5.92. The first kappa shape index (κ1) is 13.9. The van der Waals surface area contributed by atoms with Crippen molar-refractivity contribution in [3.8, 4) is 5.75 Å². The van der Waals surface area contributed by atoms with E-state index in [1.807, 2.05) is 6.92 Å². The molecule has 1 rings (SSSR count). The highest BCUT2D eigenvalue weighted by atomic mass is 17.2. The minimum Gasteiger partial charge on any atom is -0.478 e. The minimum absolute atomic E-state index is 0.238. The van der Waals surface area contributed by atoms with Gasteiger partial charge in [0.25, 0.3) is 5.75 Å². The van der Waals surface area contributed by atoms with Gasteiger partial charge in [-0.25, -0.2) is 4.79 Å². The molecule has 0 atom stereocenters. The zero-order valence-corrected chi connectivity index (χ0v) is 9.79. The van der Waals surface area contributed by atoms with Gasteiger partial charge in [0.2, 0.25) is 0 Å². The highest BCUT2D eigenvalue weighted by Gasteiger charge is 2.24. The van der Waals surface area contributed by atoms with Crippen molar-refractivity contribution in [3.63, 3.8) is 0 Å². The van der Waals surface area contributed by atoms with Gasteiger partial charge in [0.15, 0.2) is 0 Å². The van der Waals surface area contributed by atoms with Crippen molar-refractivity contribution < 1.29 is 24.6 Å². The molecule has 0 saturated carbocycles. The molecule has 0 amide bonds. The van der Waals surface area contributed by atoms with Crippen LogP contribution in [0.2, 0.25) is 0 Å². The Morgan fingerprint density at radius 3 is 2.78 bits per heavy atom. The molecule has 0 aromatic heterocycles. The zero-order valence-electron chi connectivity index (χ0n) is 9.79. The Bertz CT molecular complexity index is 413. The second-order valence-electron chi connectivity index (χ2n) is 3.47. The van der Waals surface area contributed by atoms with Gasteiger partial charge in [-0.3, -0.25) is 10.1 Å². The van der Waals surface area contributed by atoms with Gasteiger partial charge in [-0.15, -0.1) is 0 Å². The summed E-state index contributed by atoms with van der Waals surface area (Å²) < 4.78 is 0. The third kappa shape index (κ3) is 3.42. The normalized spacial score (nSPS) is 10.1. The largest absolute Gasteiger partial charge is 0.478 e. The van der Waals surface area contributed by atoms with Crippen molar-refractivity contribution in [2.75, 3.05) is 6.61 Å². The average molecular weight is 255 g/mol. The Balaban J connectivity index is 2.96. The SMILES string of the molecule is CCCCOOc1c(C(=O)O)cccc1[N+](=O)[O-]. The molecule has 0 unspecified atom stereocenters. The van der Waals surface area contributed by atoms with Crippen LogP contribution in [0.1, 0.15) is 30.1 Å². The van der Waals surface area contributed by atoms with Gasteiger partial charge in [-0.1, -0.05) is 19.4 Å². The highest BCUT2D eigenvalue weighted by Crippen LogP contribution is 2.31. The summed E-state index contributed by atoms with van der Waals surface area (Å²) in [5, 5.41) is 19.7. The first-order valence-electron chi connectivity index (χ1n) is 5.38. The Morgan fingerprint density at radius 2 is 2.22 bits per heavy atom. The summed E-state index contributed by atoms with van der Waals surface area (Å²) in [6.07, 6.45) is 1.58. The molecule has 1 aromatic carbocycles. The number of hydrogen-bond donors (Lipinski definition) is 1. The molecule has 0 spiro atoms. The molecule has 0 fully saturated rings. The number of carbonyl (C=O) groups is 1. The van der Waals surface area contributed by atoms with Crippen molar-refractivity contribution >= 4 is 11.7 Å². The summed E-state index contributed by atoms with van der Waals surface area (Å²) in [6.45, 7) is 2.18. The van der Waals surface area contributed by atoms with Gasteiger partial charge in [-0.2, -0.15) is 4.89 Å². The quantitative estimate of drug-likeness (QED) is 0.347. The van der Waals surface area contributed by atoms with Crippen LogP contribution in [0.4, 0.5) is 5.69 Å². The van der Waals surface area contributed by atoms with Crippen molar-refractivity contribution in [3.05, 3.63) is 33.9 Å². The van der Waals surface area contributed by atoms with Gasteiger partial charge in [-0.05, 0) is 12.5 Å². The fourth-order valence-electron chi connectivity index (χ4n) is 1.23. The minimum atomic E-state index is -1.31. The second kappa shape index (κ2) is 6.55. The summed E-state index contributed by atoms with van der Waals surface area (Å²) in [4.78, 5) is 30.5. The van der Waals surface area contributed by atoms with Crippen LogP contribution in [0.3, 0.4) is 0 Å². The maximum Gasteiger partial charge on any atom is 0.339 e. The molecule has 0 radical (unpaired) electrons. The number of rotatable bonds is 7. The zero-order chi connectivity index (χ0) is 13.5. The van der Waals surface area contributed by atoms with E-state index in [1.54, 1.807) is 0 Å². The lowest BCUT2D eigenvalue weighted by atomic mass is 10.2. The predicted octanol–water partition coefficient (Wildman–Crippen LogP) is 2.40. The molecule has 0 heterocycles. The molecule has 7 nitrogen and oxygen atoms in total. The third-order valence-corrected chi connectivity index (χ3v) is 2.14. The number of aromatic carboxylic acids is 1. The van der Waals surface area contributed by atoms with E-state index < -0.39 is 16.6 Å². The number of para-hydroxylation sites is 1. The summed E-state index contributed by atoms with van der Waals surface area (Å²) in [7, 11) is 0. The van der Waals surface area contributed by atoms with Crippen molar-refractivity contribution in [2.24, 2.45) is 0 Å². The van der Waals surface area contributed by atoms with Crippen LogP contribution < -0.4 is 4.89 Å². The van der Waals surface area contributed by atoms with E-state index in [0.717, 1.165) is 12.5 Å². The second-order valence-corrected chi connectivity index (χ2v) is 3.47. The fourth-order valence-corrected chi connectivity index (χ4v) is 1.23. The summed E-state index contributed by atoms with van der Waals surface area (Å²) >= 11 is 0. The first-order chi connectivity index (χ1) is 8.57. The Hall–Kier alpha value is -2.15. The van der Waals surface area contributed by atoms with Crippen molar-refractivity contribution in [2.45, 2.75) is 19.8 Å². The van der Waals surface area contributed by atoms with Crippen LogP contribution in [-0.4, -0.2) is 22.6 Å². The lowest BCUT2D eigenvalue weighted by Crippen LogP contribution is -2.07. The molecule has 0 bridgehead atoms. The molecular formula is C11H13NO6. The molecule has 98 valence electrons. The van der Waals surface area contributed by atoms with Gasteiger partial charge in [0.05, 0.1) is 11.5 Å². The molecule has 0 saturated heterocycles. The maximum absolute atomic E-state index is 10.9. The molecule has 1 aromatic rings. The van der Waals surface area contributed by atoms with E-state index >= 15 is 0 Å². The fraction of sp³-hybridized carbons (Fsp3) is 0.364. The lowest BCUT2D eigenvalue weighted by molar-refractivity contribution is -0.388. The van der Waals surface area contributed by atoms with E-state index in [-0.39, 0.29) is 17.9 Å². The van der Waals surface area contributed by atoms with Crippen LogP contribution in [0.5, 0.6) is 5.75 Å². The monoisotopic (exact) mass is 255 g/mol. The Morgan fingerprint density at radius 1 is 1.50 bits per heavy atom. The number of nitro groups is 1. The van der Waals surface area contributed by atoms with Crippen molar-refractivity contribution in [1.82, 2.24) is 0 Å². The Kier molecular flexibility index (Phi) is 5.06. The average Bonchev–Trinajstić information content (AvgIpc) is 2.34. The van der Waals surface area contributed by atoms with Crippen LogP contribution in [-0.2, 0) is 4.89 Å². The van der Waals surface area contributed by atoms with Crippen LogP contribution in [0, 0.1) is 10.1 Å². The predicted molar refractivity (Wildman–Crippen MR) is 61.5 cm³/mol. The van der Waals surface area contributed by atoms with Crippen LogP contribution >= 0.6 is 0 Å². The first-order valence-corrected chi connectivity index (χ1v) is 5.38. The summed E-state index contributed by atoms with van der Waals surface area (Å²) in [5.74, 6) is -1.70. The number of carboxylic acids is 1. The molecule has 0 aliphatic carbocycles. The van der Waals surface area contributed by atoms with E-state index in [0.29, 0.717) is 6.42 Å². The van der Waals surface area contributed by atoms with E-state index in [4.69, 9.17) is 14.9 Å². The molecule has 0 aliphatic heterocycles. The summed E-state index contributed by atoms with van der Waals surface area (Å²) in [5.41, 5.74) is -0.743. The van der Waals surface area contributed by atoms with Crippen LogP contribution in [0.25, 0.3) is 0 Å². The van der Waals surface area contributed by atoms with E-state index in [9.17, 15) is 14.9 Å². The molecular weight excluding hydrogens is 242 g/mol. The Labute approximate surface area is 103 Å². The van der Waals surface area contributed by atoms with Gasteiger partial charge in [0, 0.05) is 6.07 Å². The van der Waals surface area contributed by atoms with E-state index in [2.05, 4.69) is 0 Å². The lowest BCUT2D eigenvalue weighted by Gasteiger charge is -2.07. The number of nitro benzene ring substituents is 1. The van der Waals surface area contributed by atoms with Crippen molar-refractivity contribution in [1.29, 1.82) is 0 Å². The summed E-state index contributed by atoms with van der Waals surface area (Å²) in [6, 6.07) is 3.65. The maximum atomic E-state index is 10.9. The molecule has 18 heavy (non-hydrogen) atoms. The van der Waals surface area contributed by atoms with Crippen LogP contribution in [0.15, 0.2) is 18.2 Å². The standard InChI is InChI=1S/C11H13NO6/c1-2-3-7-17-18-10-8(11(13)14)5-4-6-9(10)12(15)16/h4-6H,2-3,7H2,1H3,(H,13,14). The van der Waals surface area contributed by atoms with Gasteiger partial charge < -0.3 is 9.99 Å². The van der Waals surface area contributed by atoms with Gasteiger partial charge >= 0.3 is 11.7 Å². The molecule has 7 heteroatoms. The number of carboxylic acid groups (broad SMARTS) is 1. The number of benzene rings is 1. The number of unbranched alkanes of at least 4 members (excludes halogenated alkanes) is 1.